The number of amides is 1. The Hall–Kier alpha value is -1.00. The minimum atomic E-state index is -0.268. The SMILES string of the molecule is Cc1ccc(C)c(C23CSCC(=O)N2CCN3)c1. The summed E-state index contributed by atoms with van der Waals surface area (Å²) in [6.45, 7) is 5.95. The molecule has 2 saturated heterocycles. The minimum absolute atomic E-state index is 0.261. The van der Waals surface area contributed by atoms with Gasteiger partial charge in [-0.2, -0.15) is 0 Å². The van der Waals surface area contributed by atoms with Crippen molar-refractivity contribution < 1.29 is 4.79 Å². The number of carbonyl (C=O) groups is 1. The van der Waals surface area contributed by atoms with Crippen LogP contribution in [0.4, 0.5) is 0 Å². The molecule has 0 radical (unpaired) electrons. The molecule has 1 N–H and O–H groups in total. The van der Waals surface area contributed by atoms with Crippen LogP contribution < -0.4 is 5.32 Å². The second-order valence-corrected chi connectivity index (χ2v) is 6.13. The molecule has 4 heteroatoms. The van der Waals surface area contributed by atoms with Crippen LogP contribution in [0.5, 0.6) is 0 Å². The van der Waals surface area contributed by atoms with Gasteiger partial charge < -0.3 is 4.90 Å². The van der Waals surface area contributed by atoms with Crippen LogP contribution in [-0.2, 0) is 10.5 Å². The molecule has 0 aliphatic carbocycles. The molecule has 18 heavy (non-hydrogen) atoms. The maximum absolute atomic E-state index is 12.1. The van der Waals surface area contributed by atoms with E-state index in [2.05, 4.69) is 37.4 Å². The van der Waals surface area contributed by atoms with E-state index in [1.54, 1.807) is 11.8 Å². The summed E-state index contributed by atoms with van der Waals surface area (Å²) < 4.78 is 0. The lowest BCUT2D eigenvalue weighted by molar-refractivity contribution is -0.133. The molecular formula is C14H18N2OS. The van der Waals surface area contributed by atoms with E-state index in [-0.39, 0.29) is 11.6 Å². The van der Waals surface area contributed by atoms with Crippen LogP contribution in [0, 0.1) is 13.8 Å². The largest absolute Gasteiger partial charge is 0.317 e. The maximum atomic E-state index is 12.1. The predicted molar refractivity (Wildman–Crippen MR) is 74.6 cm³/mol. The lowest BCUT2D eigenvalue weighted by Crippen LogP contribution is -2.56. The zero-order valence-electron chi connectivity index (χ0n) is 10.8. The van der Waals surface area contributed by atoms with Crippen molar-refractivity contribution in [3.8, 4) is 0 Å². The fourth-order valence-electron chi connectivity index (χ4n) is 2.99. The number of benzene rings is 1. The summed E-state index contributed by atoms with van der Waals surface area (Å²) in [4.78, 5) is 14.1. The van der Waals surface area contributed by atoms with Gasteiger partial charge in [-0.15, -0.1) is 11.8 Å². The van der Waals surface area contributed by atoms with Gasteiger partial charge in [0.1, 0.15) is 5.66 Å². The number of fused-ring (bicyclic) bond motifs is 1. The number of rotatable bonds is 1. The van der Waals surface area contributed by atoms with Crippen LogP contribution >= 0.6 is 11.8 Å². The van der Waals surface area contributed by atoms with E-state index >= 15 is 0 Å². The van der Waals surface area contributed by atoms with Crippen LogP contribution in [0.1, 0.15) is 16.7 Å². The minimum Gasteiger partial charge on any atom is -0.317 e. The number of nitrogens with one attached hydrogen (secondary N) is 1. The summed E-state index contributed by atoms with van der Waals surface area (Å²) in [5, 5.41) is 3.57. The molecule has 0 aromatic heterocycles. The van der Waals surface area contributed by atoms with Crippen molar-refractivity contribution in [2.45, 2.75) is 19.5 Å². The Morgan fingerprint density at radius 3 is 3.06 bits per heavy atom. The number of carbonyl (C=O) groups excluding carboxylic acids is 1. The molecule has 0 spiro atoms. The van der Waals surface area contributed by atoms with E-state index < -0.39 is 0 Å². The molecule has 3 rings (SSSR count). The van der Waals surface area contributed by atoms with E-state index in [1.165, 1.54) is 16.7 Å². The fraction of sp³-hybridized carbons (Fsp3) is 0.500. The highest BCUT2D eigenvalue weighted by molar-refractivity contribution is 8.00. The number of nitrogens with zero attached hydrogens (tertiary/aromatic N) is 1. The molecule has 1 amide bonds. The Morgan fingerprint density at radius 2 is 2.22 bits per heavy atom. The summed E-state index contributed by atoms with van der Waals surface area (Å²) in [7, 11) is 0. The van der Waals surface area contributed by atoms with Gasteiger partial charge in [-0.05, 0) is 25.0 Å². The zero-order valence-corrected chi connectivity index (χ0v) is 11.6. The Kier molecular flexibility index (Phi) is 2.87. The molecule has 1 atom stereocenters. The third-order valence-corrected chi connectivity index (χ3v) is 4.96. The van der Waals surface area contributed by atoms with Gasteiger partial charge in [-0.3, -0.25) is 10.1 Å². The molecule has 2 aliphatic rings. The molecular weight excluding hydrogens is 244 g/mol. The highest BCUT2D eigenvalue weighted by Crippen LogP contribution is 2.38. The van der Waals surface area contributed by atoms with Crippen molar-refractivity contribution >= 4 is 17.7 Å². The molecule has 1 aromatic rings. The second-order valence-electron chi connectivity index (χ2n) is 5.14. The number of hydrogen-bond acceptors (Lipinski definition) is 3. The topological polar surface area (TPSA) is 32.3 Å². The van der Waals surface area contributed by atoms with Crippen molar-refractivity contribution in [3.63, 3.8) is 0 Å². The predicted octanol–water partition coefficient (Wildman–Crippen LogP) is 1.63. The normalized spacial score (nSPS) is 27.4. The third-order valence-electron chi connectivity index (χ3n) is 3.89. The molecule has 0 saturated carbocycles. The first-order chi connectivity index (χ1) is 8.63. The molecule has 96 valence electrons. The molecule has 1 unspecified atom stereocenters. The molecule has 0 bridgehead atoms. The van der Waals surface area contributed by atoms with Crippen molar-refractivity contribution in [2.24, 2.45) is 0 Å². The quantitative estimate of drug-likeness (QED) is 0.835. The van der Waals surface area contributed by atoms with Crippen molar-refractivity contribution in [1.82, 2.24) is 10.2 Å². The van der Waals surface area contributed by atoms with Crippen LogP contribution in [0.15, 0.2) is 18.2 Å². The van der Waals surface area contributed by atoms with Gasteiger partial charge in [-0.25, -0.2) is 0 Å². The summed E-state index contributed by atoms with van der Waals surface area (Å²) in [6.07, 6.45) is 0. The highest BCUT2D eigenvalue weighted by Gasteiger charge is 2.47. The summed E-state index contributed by atoms with van der Waals surface area (Å²) >= 11 is 1.73. The van der Waals surface area contributed by atoms with Crippen molar-refractivity contribution in [1.29, 1.82) is 0 Å². The standard InChI is InChI=1S/C14H18N2OS/c1-10-3-4-11(2)12(7-10)14-9-18-8-13(17)16(14)6-5-15-14/h3-4,7,15H,5-6,8-9H2,1-2H3. The van der Waals surface area contributed by atoms with Crippen LogP contribution in [-0.4, -0.2) is 35.4 Å². The van der Waals surface area contributed by atoms with Gasteiger partial charge in [-0.1, -0.05) is 23.8 Å². The Bertz CT molecular complexity index is 503. The fourth-order valence-corrected chi connectivity index (χ4v) is 4.13. The lowest BCUT2D eigenvalue weighted by atomic mass is 9.93. The first kappa shape index (κ1) is 12.1. The van der Waals surface area contributed by atoms with Gasteiger partial charge in [0.15, 0.2) is 0 Å². The molecule has 2 heterocycles. The molecule has 1 aromatic carbocycles. The summed E-state index contributed by atoms with van der Waals surface area (Å²) in [5.74, 6) is 1.83. The van der Waals surface area contributed by atoms with Crippen LogP contribution in [0.3, 0.4) is 0 Å². The van der Waals surface area contributed by atoms with Crippen molar-refractivity contribution in [2.75, 3.05) is 24.6 Å². The van der Waals surface area contributed by atoms with Gasteiger partial charge >= 0.3 is 0 Å². The smallest absolute Gasteiger partial charge is 0.234 e. The number of thioether (sulfide) groups is 1. The van der Waals surface area contributed by atoms with Gasteiger partial charge in [0, 0.05) is 18.8 Å². The highest BCUT2D eigenvalue weighted by atomic mass is 32.2. The monoisotopic (exact) mass is 262 g/mol. The number of aryl methyl sites for hydroxylation is 2. The average molecular weight is 262 g/mol. The first-order valence-electron chi connectivity index (χ1n) is 6.34. The Morgan fingerprint density at radius 1 is 1.39 bits per heavy atom. The molecule has 3 nitrogen and oxygen atoms in total. The van der Waals surface area contributed by atoms with E-state index in [0.29, 0.717) is 5.75 Å². The average Bonchev–Trinajstić information content (AvgIpc) is 2.78. The zero-order chi connectivity index (χ0) is 12.8. The summed E-state index contributed by atoms with van der Waals surface area (Å²) in [6, 6.07) is 6.51. The van der Waals surface area contributed by atoms with E-state index in [1.807, 2.05) is 4.90 Å². The van der Waals surface area contributed by atoms with Crippen molar-refractivity contribution in [3.05, 3.63) is 34.9 Å². The maximum Gasteiger partial charge on any atom is 0.234 e. The number of hydrogen-bond donors (Lipinski definition) is 1. The van der Waals surface area contributed by atoms with Gasteiger partial charge in [0.05, 0.1) is 5.75 Å². The Balaban J connectivity index is 2.12. The third kappa shape index (κ3) is 1.67. The van der Waals surface area contributed by atoms with E-state index in [4.69, 9.17) is 0 Å². The van der Waals surface area contributed by atoms with Crippen LogP contribution in [0.25, 0.3) is 0 Å². The van der Waals surface area contributed by atoms with E-state index in [9.17, 15) is 4.79 Å². The van der Waals surface area contributed by atoms with E-state index in [0.717, 1.165) is 18.8 Å². The van der Waals surface area contributed by atoms with Gasteiger partial charge in [0.2, 0.25) is 5.91 Å². The second kappa shape index (κ2) is 4.28. The molecule has 2 aliphatic heterocycles. The first-order valence-corrected chi connectivity index (χ1v) is 7.50. The van der Waals surface area contributed by atoms with Gasteiger partial charge in [0.25, 0.3) is 0 Å². The Labute approximate surface area is 112 Å². The summed E-state index contributed by atoms with van der Waals surface area (Å²) in [5.41, 5.74) is 3.51. The lowest BCUT2D eigenvalue weighted by Gasteiger charge is -2.42. The molecule has 2 fully saturated rings. The van der Waals surface area contributed by atoms with Crippen LogP contribution in [0.2, 0.25) is 0 Å².